The highest BCUT2D eigenvalue weighted by Gasteiger charge is 2.47. The number of nitrogens with zero attached hydrogens (tertiary/aromatic N) is 4. The fourth-order valence-electron chi connectivity index (χ4n) is 4.59. The summed E-state index contributed by atoms with van der Waals surface area (Å²) >= 11 is 0. The van der Waals surface area contributed by atoms with E-state index in [4.69, 9.17) is 33.3 Å². The maximum atomic E-state index is 7.01. The molecule has 3 heterocycles. The Hall–Kier alpha value is -2.32. The number of aromatic nitrogens is 4. The molecule has 0 amide bonds. The Kier molecular flexibility index (Phi) is 10.7. The van der Waals surface area contributed by atoms with Crippen LogP contribution in [-0.2, 0) is 20.2 Å². The third-order valence-electron chi connectivity index (χ3n) is 9.58. The lowest BCUT2D eigenvalue weighted by molar-refractivity contribution is -0.0383. The minimum atomic E-state index is -2.08. The van der Waals surface area contributed by atoms with Crippen LogP contribution >= 0.6 is 0 Å². The normalized spacial score (nSPS) is 19.9. The molecule has 4 rings (SSSR count). The third kappa shape index (κ3) is 8.09. The summed E-state index contributed by atoms with van der Waals surface area (Å²) in [6, 6.07) is 10.1. The molecule has 0 bridgehead atoms. The molecule has 1 fully saturated rings. The van der Waals surface area contributed by atoms with E-state index in [0.717, 1.165) is 24.9 Å². The van der Waals surface area contributed by atoms with Gasteiger partial charge in [0.25, 0.3) is 0 Å². The van der Waals surface area contributed by atoms with Crippen LogP contribution in [0.25, 0.3) is 11.2 Å². The summed E-state index contributed by atoms with van der Waals surface area (Å²) in [5.41, 5.74) is 2.37. The summed E-state index contributed by atoms with van der Waals surface area (Å²) < 4.78 is 28.8. The van der Waals surface area contributed by atoms with Gasteiger partial charge in [-0.05, 0) is 48.2 Å². The van der Waals surface area contributed by atoms with Crippen LogP contribution < -0.4 is 10.1 Å². The second kappa shape index (κ2) is 13.6. The monoisotopic (exact) mass is 641 g/mol. The molecule has 11 heteroatoms. The van der Waals surface area contributed by atoms with Gasteiger partial charge < -0.3 is 23.6 Å². The second-order valence-electron chi connectivity index (χ2n) is 15.1. The second-order valence-corrected chi connectivity index (χ2v) is 24.6. The molecule has 1 N–H and O–H groups in total. The van der Waals surface area contributed by atoms with Crippen LogP contribution in [0.15, 0.2) is 36.7 Å². The van der Waals surface area contributed by atoms with Crippen molar-refractivity contribution in [3.63, 3.8) is 0 Å². The van der Waals surface area contributed by atoms with Gasteiger partial charge in [0.15, 0.2) is 27.8 Å². The van der Waals surface area contributed by atoms with E-state index in [-0.39, 0.29) is 28.5 Å². The summed E-state index contributed by atoms with van der Waals surface area (Å²) in [6.07, 6.45) is 3.99. The van der Waals surface area contributed by atoms with Crippen LogP contribution in [0, 0.1) is 0 Å². The zero-order valence-electron chi connectivity index (χ0n) is 28.9. The highest BCUT2D eigenvalue weighted by Crippen LogP contribution is 2.43. The molecule has 0 radical (unpaired) electrons. The minimum Gasteiger partial charge on any atom is -0.471 e. The molecular formula is C33H55N5O4Si2. The molecular weight excluding hydrogens is 587 g/mol. The number of rotatable bonds is 13. The minimum absolute atomic E-state index is 0.0783. The molecule has 3 aromatic rings. The van der Waals surface area contributed by atoms with Gasteiger partial charge in [0.1, 0.15) is 18.9 Å². The van der Waals surface area contributed by atoms with Crippen molar-refractivity contribution in [2.24, 2.45) is 0 Å². The maximum absolute atomic E-state index is 7.01. The van der Waals surface area contributed by atoms with Gasteiger partial charge in [0.2, 0.25) is 11.8 Å². The van der Waals surface area contributed by atoms with Gasteiger partial charge in [-0.15, -0.1) is 0 Å². The Morgan fingerprint density at radius 1 is 0.977 bits per heavy atom. The number of hydrogen-bond acceptors (Lipinski definition) is 8. The van der Waals surface area contributed by atoms with Crippen molar-refractivity contribution in [2.45, 2.75) is 129 Å². The number of imidazole rings is 1. The molecule has 1 aliphatic heterocycles. The average Bonchev–Trinajstić information content (AvgIpc) is 3.53. The molecule has 1 aliphatic rings. The van der Waals surface area contributed by atoms with Gasteiger partial charge >= 0.3 is 0 Å². The molecule has 9 nitrogen and oxygen atoms in total. The van der Waals surface area contributed by atoms with E-state index in [1.807, 2.05) is 34.9 Å². The van der Waals surface area contributed by atoms with E-state index in [9.17, 15) is 0 Å². The summed E-state index contributed by atoms with van der Waals surface area (Å²) in [7, 11) is -4.06. The van der Waals surface area contributed by atoms with Gasteiger partial charge in [-0.1, -0.05) is 85.2 Å². The first-order valence-electron chi connectivity index (χ1n) is 16.1. The van der Waals surface area contributed by atoms with Crippen LogP contribution in [0.3, 0.4) is 0 Å². The summed E-state index contributed by atoms with van der Waals surface area (Å²) in [5, 5.41) is 3.57. The molecule has 244 valence electrons. The number of ether oxygens (including phenoxy) is 2. The van der Waals surface area contributed by atoms with Crippen LogP contribution in [-0.4, -0.2) is 61.5 Å². The number of nitrogens with one attached hydrogen (secondary N) is 1. The van der Waals surface area contributed by atoms with Crippen LogP contribution in [0.2, 0.25) is 36.3 Å². The van der Waals surface area contributed by atoms with E-state index in [1.165, 1.54) is 0 Å². The van der Waals surface area contributed by atoms with Crippen molar-refractivity contribution in [1.29, 1.82) is 0 Å². The fraction of sp³-hybridized carbons (Fsp3) is 0.667. The molecule has 2 aromatic heterocycles. The van der Waals surface area contributed by atoms with Gasteiger partial charge in [-0.3, -0.25) is 4.57 Å². The maximum Gasteiger partial charge on any atom is 0.247 e. The smallest absolute Gasteiger partial charge is 0.247 e. The Morgan fingerprint density at radius 2 is 1.66 bits per heavy atom. The topological polar surface area (TPSA) is 92.6 Å². The predicted octanol–water partition coefficient (Wildman–Crippen LogP) is 8.32. The summed E-state index contributed by atoms with van der Waals surface area (Å²) in [5.74, 6) is 0.988. The summed E-state index contributed by atoms with van der Waals surface area (Å²) in [6.45, 7) is 26.6. The van der Waals surface area contributed by atoms with E-state index in [0.29, 0.717) is 42.6 Å². The van der Waals surface area contributed by atoms with E-state index in [1.54, 1.807) is 6.33 Å². The SMILES string of the molecule is CCCCNc1nc(OCc2ccccc2)c2ncn(C3C[C@H](O[Si](C)(C)C(C)(C)C)[C@@H](CO[Si](C)(C)C(C)(C)C)O3)c2n1. The quantitative estimate of drug-likeness (QED) is 0.147. The van der Waals surface area contributed by atoms with Crippen molar-refractivity contribution in [3.8, 4) is 5.88 Å². The van der Waals surface area contributed by atoms with Gasteiger partial charge in [0, 0.05) is 13.0 Å². The molecule has 0 aliphatic carbocycles. The lowest BCUT2D eigenvalue weighted by atomic mass is 10.2. The highest BCUT2D eigenvalue weighted by atomic mass is 28.4. The molecule has 1 unspecified atom stereocenters. The molecule has 1 saturated heterocycles. The number of hydrogen-bond donors (Lipinski definition) is 1. The molecule has 0 saturated carbocycles. The number of anilines is 1. The molecule has 0 spiro atoms. The third-order valence-corrected chi connectivity index (χ3v) is 18.6. The van der Waals surface area contributed by atoms with E-state index < -0.39 is 16.6 Å². The fourth-order valence-corrected chi connectivity index (χ4v) is 6.96. The van der Waals surface area contributed by atoms with Gasteiger partial charge in [-0.2, -0.15) is 9.97 Å². The van der Waals surface area contributed by atoms with Crippen molar-refractivity contribution in [1.82, 2.24) is 19.5 Å². The van der Waals surface area contributed by atoms with E-state index in [2.05, 4.69) is 80.0 Å². The lowest BCUT2D eigenvalue weighted by Gasteiger charge is -2.40. The molecule has 3 atom stereocenters. The standard InChI is InChI=1S/C33H55N5O4Si2/c1-12-13-19-34-31-36-29-28(30(37-31)39-21-24-17-15-14-16-18-24)35-23-38(29)27-20-25(42-44(10,11)33(5,6)7)26(41-27)22-40-43(8,9)32(2,3)4/h14-18,23,25-27H,12-13,19-22H2,1-11H3,(H,34,36,37)/t25-,26+,27?/m0/s1. The number of benzene rings is 1. The van der Waals surface area contributed by atoms with Crippen LogP contribution in [0.4, 0.5) is 5.95 Å². The van der Waals surface area contributed by atoms with Crippen LogP contribution in [0.1, 0.15) is 79.5 Å². The van der Waals surface area contributed by atoms with Gasteiger partial charge in [0.05, 0.1) is 19.0 Å². The number of unbranched alkanes of at least 4 members (excludes halogenated alkanes) is 1. The highest BCUT2D eigenvalue weighted by molar-refractivity contribution is 6.74. The summed E-state index contributed by atoms with van der Waals surface area (Å²) in [4.78, 5) is 14.4. The van der Waals surface area contributed by atoms with Crippen molar-refractivity contribution in [2.75, 3.05) is 18.5 Å². The zero-order valence-corrected chi connectivity index (χ0v) is 30.9. The first-order chi connectivity index (χ1) is 20.5. The zero-order chi connectivity index (χ0) is 32.3. The largest absolute Gasteiger partial charge is 0.471 e. The van der Waals surface area contributed by atoms with E-state index >= 15 is 0 Å². The number of fused-ring (bicyclic) bond motifs is 1. The van der Waals surface area contributed by atoms with Crippen molar-refractivity contribution in [3.05, 3.63) is 42.2 Å². The molecule has 44 heavy (non-hydrogen) atoms. The average molecular weight is 642 g/mol. The Balaban J connectivity index is 1.65. The van der Waals surface area contributed by atoms with Crippen LogP contribution in [0.5, 0.6) is 5.88 Å². The first-order valence-corrected chi connectivity index (χ1v) is 22.0. The van der Waals surface area contributed by atoms with Crippen molar-refractivity contribution >= 4 is 33.7 Å². The Morgan fingerprint density at radius 3 is 2.30 bits per heavy atom. The predicted molar refractivity (Wildman–Crippen MR) is 183 cm³/mol. The van der Waals surface area contributed by atoms with Crippen molar-refractivity contribution < 1.29 is 18.3 Å². The lowest BCUT2D eigenvalue weighted by Crippen LogP contribution is -2.48. The molecule has 1 aromatic carbocycles. The first kappa shape index (κ1) is 34.6. The van der Waals surface area contributed by atoms with Gasteiger partial charge in [-0.25, -0.2) is 4.98 Å². The Labute approximate surface area is 266 Å². The Bertz CT molecular complexity index is 1370.